The van der Waals surface area contributed by atoms with Crippen LogP contribution in [-0.4, -0.2) is 51.4 Å². The van der Waals surface area contributed by atoms with Crippen LogP contribution in [0.3, 0.4) is 0 Å². The molecule has 0 saturated heterocycles. The highest BCUT2D eigenvalue weighted by molar-refractivity contribution is 7.92. The number of para-hydroxylation sites is 2. The van der Waals surface area contributed by atoms with Gasteiger partial charge in [-0.15, -0.1) is 0 Å². The third kappa shape index (κ3) is 7.59. The van der Waals surface area contributed by atoms with Crippen molar-refractivity contribution in [2.75, 3.05) is 24.5 Å². The molecular weight excluding hydrogens is 533 g/mol. The van der Waals surface area contributed by atoms with E-state index in [1.807, 2.05) is 13.8 Å². The largest absolute Gasteiger partial charge is 0.495 e. The zero-order chi connectivity index (χ0) is 29.3. The predicted octanol–water partition coefficient (Wildman–Crippen LogP) is 4.61. The van der Waals surface area contributed by atoms with Gasteiger partial charge in [-0.1, -0.05) is 63.2 Å². The Labute approximate surface area is 235 Å². The van der Waals surface area contributed by atoms with E-state index >= 15 is 0 Å². The number of carbonyl (C=O) groups excluding carboxylic acids is 2. The molecular formula is C30H36FN3O5S. The molecule has 8 nitrogen and oxygen atoms in total. The normalized spacial score (nSPS) is 12.1. The molecule has 0 aliphatic carbocycles. The summed E-state index contributed by atoms with van der Waals surface area (Å²) in [7, 11) is -2.79. The highest BCUT2D eigenvalue weighted by atomic mass is 32.2. The molecule has 0 saturated carbocycles. The topological polar surface area (TPSA) is 96.0 Å². The maximum Gasteiger partial charge on any atom is 0.264 e. The summed E-state index contributed by atoms with van der Waals surface area (Å²) in [6, 6.07) is 19.1. The van der Waals surface area contributed by atoms with Crippen LogP contribution in [0.2, 0.25) is 0 Å². The minimum Gasteiger partial charge on any atom is -0.495 e. The number of amides is 2. The lowest BCUT2D eigenvalue weighted by atomic mass is 10.1. The van der Waals surface area contributed by atoms with Crippen LogP contribution in [0.15, 0.2) is 83.8 Å². The molecule has 0 aliphatic heterocycles. The van der Waals surface area contributed by atoms with Gasteiger partial charge in [0.15, 0.2) is 0 Å². The van der Waals surface area contributed by atoms with Gasteiger partial charge in [-0.3, -0.25) is 13.9 Å². The lowest BCUT2D eigenvalue weighted by molar-refractivity contribution is -0.140. The molecule has 0 fully saturated rings. The van der Waals surface area contributed by atoms with Crippen molar-refractivity contribution in [3.63, 3.8) is 0 Å². The van der Waals surface area contributed by atoms with Gasteiger partial charge in [0.25, 0.3) is 10.0 Å². The van der Waals surface area contributed by atoms with E-state index in [0.717, 1.165) is 4.31 Å². The molecule has 1 atom stereocenters. The van der Waals surface area contributed by atoms with Crippen molar-refractivity contribution < 1.29 is 27.1 Å². The third-order valence-corrected chi connectivity index (χ3v) is 8.07. The Kier molecular flexibility index (Phi) is 10.7. The number of carbonyl (C=O) groups is 2. The van der Waals surface area contributed by atoms with E-state index in [1.165, 1.54) is 48.4 Å². The summed E-state index contributed by atoms with van der Waals surface area (Å²) in [5.74, 6) is -0.913. The molecule has 0 aliphatic rings. The van der Waals surface area contributed by atoms with Crippen molar-refractivity contribution in [3.05, 3.63) is 90.2 Å². The number of nitrogens with one attached hydrogen (secondary N) is 1. The maximum atomic E-state index is 14.0. The van der Waals surface area contributed by atoms with Crippen molar-refractivity contribution in [2.24, 2.45) is 5.92 Å². The number of nitrogens with zero attached hydrogens (tertiary/aromatic N) is 2. The molecule has 0 heterocycles. The fraction of sp³-hybridized carbons (Fsp3) is 0.333. The van der Waals surface area contributed by atoms with Crippen molar-refractivity contribution >= 4 is 27.5 Å². The maximum absolute atomic E-state index is 14.0. The lowest BCUT2D eigenvalue weighted by Crippen LogP contribution is -2.52. The van der Waals surface area contributed by atoms with Crippen LogP contribution in [-0.2, 0) is 26.2 Å². The minimum absolute atomic E-state index is 0.000471. The Balaban J connectivity index is 2.06. The van der Waals surface area contributed by atoms with Crippen LogP contribution >= 0.6 is 0 Å². The summed E-state index contributed by atoms with van der Waals surface area (Å²) in [5, 5.41) is 2.88. The molecule has 3 aromatic rings. The Bertz CT molecular complexity index is 1380. The number of sulfonamides is 1. The van der Waals surface area contributed by atoms with E-state index in [1.54, 1.807) is 49.4 Å². The van der Waals surface area contributed by atoms with Gasteiger partial charge in [-0.2, -0.15) is 0 Å². The quantitative estimate of drug-likeness (QED) is 0.324. The molecule has 0 unspecified atom stereocenters. The molecule has 40 heavy (non-hydrogen) atoms. The van der Waals surface area contributed by atoms with Gasteiger partial charge in [-0.25, -0.2) is 12.8 Å². The standard InChI is InChI=1S/C30H36FN3O5S/c1-5-26(30(36)32-19-22(2)3)33(20-23-15-17-24(31)18-16-23)29(35)21-34(27-13-9-10-14-28(27)39-4)40(37,38)25-11-7-6-8-12-25/h6-18,22,26H,5,19-21H2,1-4H3,(H,32,36)/t26-/m0/s1. The van der Waals surface area contributed by atoms with Gasteiger partial charge in [0.2, 0.25) is 11.8 Å². The number of anilines is 1. The van der Waals surface area contributed by atoms with Crippen LogP contribution in [0.5, 0.6) is 5.75 Å². The molecule has 0 spiro atoms. The minimum atomic E-state index is -4.21. The Morgan fingerprint density at radius 1 is 0.950 bits per heavy atom. The summed E-state index contributed by atoms with van der Waals surface area (Å²) < 4.78 is 47.8. The lowest BCUT2D eigenvalue weighted by Gasteiger charge is -2.33. The molecule has 10 heteroatoms. The van der Waals surface area contributed by atoms with Crippen LogP contribution in [0.25, 0.3) is 0 Å². The molecule has 3 rings (SSSR count). The Hall–Kier alpha value is -3.92. The first-order valence-corrected chi connectivity index (χ1v) is 14.5. The van der Waals surface area contributed by atoms with E-state index in [-0.39, 0.29) is 41.1 Å². The monoisotopic (exact) mass is 569 g/mol. The first-order valence-electron chi connectivity index (χ1n) is 13.1. The fourth-order valence-electron chi connectivity index (χ4n) is 4.20. The number of halogens is 1. The van der Waals surface area contributed by atoms with Crippen molar-refractivity contribution in [3.8, 4) is 5.75 Å². The first kappa shape index (κ1) is 30.6. The average molecular weight is 570 g/mol. The van der Waals surface area contributed by atoms with Crippen molar-refractivity contribution in [1.82, 2.24) is 10.2 Å². The average Bonchev–Trinajstić information content (AvgIpc) is 2.95. The Morgan fingerprint density at radius 2 is 1.57 bits per heavy atom. The van der Waals surface area contributed by atoms with Crippen LogP contribution in [0.4, 0.5) is 10.1 Å². The highest BCUT2D eigenvalue weighted by Crippen LogP contribution is 2.32. The fourth-order valence-corrected chi connectivity index (χ4v) is 5.64. The number of benzene rings is 3. The number of ether oxygens (including phenoxy) is 1. The number of hydrogen-bond acceptors (Lipinski definition) is 5. The van der Waals surface area contributed by atoms with Gasteiger partial charge in [-0.05, 0) is 54.3 Å². The summed E-state index contributed by atoms with van der Waals surface area (Å²) in [6.07, 6.45) is 0.289. The first-order chi connectivity index (χ1) is 19.1. The van der Waals surface area contributed by atoms with E-state index < -0.39 is 34.3 Å². The summed E-state index contributed by atoms with van der Waals surface area (Å²) >= 11 is 0. The second-order valence-electron chi connectivity index (χ2n) is 9.71. The van der Waals surface area contributed by atoms with Gasteiger partial charge < -0.3 is 15.0 Å². The molecule has 1 N–H and O–H groups in total. The molecule has 0 aromatic heterocycles. The van der Waals surface area contributed by atoms with Crippen LogP contribution in [0.1, 0.15) is 32.8 Å². The zero-order valence-corrected chi connectivity index (χ0v) is 24.0. The summed E-state index contributed by atoms with van der Waals surface area (Å²) in [6.45, 7) is 5.52. The van der Waals surface area contributed by atoms with Crippen molar-refractivity contribution in [2.45, 2.75) is 44.7 Å². The number of hydrogen-bond donors (Lipinski definition) is 1. The second kappa shape index (κ2) is 13.9. The van der Waals surface area contributed by atoms with Gasteiger partial charge >= 0.3 is 0 Å². The van der Waals surface area contributed by atoms with Gasteiger partial charge in [0.05, 0.1) is 17.7 Å². The predicted molar refractivity (Wildman–Crippen MR) is 153 cm³/mol. The van der Waals surface area contributed by atoms with E-state index in [4.69, 9.17) is 4.74 Å². The van der Waals surface area contributed by atoms with Gasteiger partial charge in [0.1, 0.15) is 24.2 Å². The van der Waals surface area contributed by atoms with Gasteiger partial charge in [0, 0.05) is 13.1 Å². The van der Waals surface area contributed by atoms with E-state index in [9.17, 15) is 22.4 Å². The number of methoxy groups -OCH3 is 1. The molecule has 3 aromatic carbocycles. The third-order valence-electron chi connectivity index (χ3n) is 6.30. The smallest absolute Gasteiger partial charge is 0.264 e. The molecule has 2 amide bonds. The van der Waals surface area contributed by atoms with Crippen molar-refractivity contribution in [1.29, 1.82) is 0 Å². The molecule has 0 bridgehead atoms. The second-order valence-corrected chi connectivity index (χ2v) is 11.6. The van der Waals surface area contributed by atoms with E-state index in [2.05, 4.69) is 5.32 Å². The Morgan fingerprint density at radius 3 is 2.17 bits per heavy atom. The summed E-state index contributed by atoms with van der Waals surface area (Å²) in [4.78, 5) is 28.6. The van der Waals surface area contributed by atoms with E-state index in [0.29, 0.717) is 12.1 Å². The highest BCUT2D eigenvalue weighted by Gasteiger charge is 2.34. The van der Waals surface area contributed by atoms with Crippen LogP contribution < -0.4 is 14.4 Å². The number of rotatable bonds is 13. The summed E-state index contributed by atoms with van der Waals surface area (Å²) in [5.41, 5.74) is 0.779. The van der Waals surface area contributed by atoms with Crippen LogP contribution in [0, 0.1) is 11.7 Å². The molecule has 0 radical (unpaired) electrons. The SMILES string of the molecule is CC[C@@H](C(=O)NCC(C)C)N(Cc1ccc(F)cc1)C(=O)CN(c1ccccc1OC)S(=O)(=O)c1ccccc1. The zero-order valence-electron chi connectivity index (χ0n) is 23.2. The molecule has 214 valence electrons.